The molecular weight excluding hydrogens is 238 g/mol. The lowest BCUT2D eigenvalue weighted by molar-refractivity contribution is 0.414. The molecule has 1 aromatic heterocycles. The van der Waals surface area contributed by atoms with E-state index in [4.69, 9.17) is 4.74 Å². The second-order valence-electron chi connectivity index (χ2n) is 4.71. The van der Waals surface area contributed by atoms with E-state index < -0.39 is 0 Å². The Morgan fingerprint density at radius 2 is 2.11 bits per heavy atom. The Bertz CT molecular complexity index is 465. The molecule has 0 fully saturated rings. The molecular formula is C15H21N3O. The molecule has 1 atom stereocenters. The molecule has 0 aliphatic heterocycles. The van der Waals surface area contributed by atoms with E-state index >= 15 is 0 Å². The Morgan fingerprint density at radius 1 is 1.32 bits per heavy atom. The summed E-state index contributed by atoms with van der Waals surface area (Å²) in [4.78, 5) is 4.04. The quantitative estimate of drug-likeness (QED) is 0.827. The van der Waals surface area contributed by atoms with Gasteiger partial charge in [0.15, 0.2) is 0 Å². The first-order chi connectivity index (χ1) is 9.28. The van der Waals surface area contributed by atoms with E-state index in [9.17, 15) is 0 Å². The van der Waals surface area contributed by atoms with E-state index in [-0.39, 0.29) is 0 Å². The summed E-state index contributed by atoms with van der Waals surface area (Å²) in [6.45, 7) is 4.11. The average Bonchev–Trinajstić information content (AvgIpc) is 2.92. The van der Waals surface area contributed by atoms with Crippen LogP contribution in [0.4, 0.5) is 0 Å². The molecule has 19 heavy (non-hydrogen) atoms. The summed E-state index contributed by atoms with van der Waals surface area (Å²) in [6.07, 6.45) is 6.67. The number of rotatable bonds is 7. The van der Waals surface area contributed by atoms with E-state index in [1.165, 1.54) is 5.56 Å². The zero-order valence-corrected chi connectivity index (χ0v) is 11.5. The minimum atomic E-state index is 0.437. The van der Waals surface area contributed by atoms with Crippen LogP contribution in [0.5, 0.6) is 5.75 Å². The summed E-state index contributed by atoms with van der Waals surface area (Å²) >= 11 is 0. The highest BCUT2D eigenvalue weighted by Gasteiger charge is 2.02. The molecule has 4 nitrogen and oxygen atoms in total. The predicted octanol–water partition coefficient (Wildman–Crippen LogP) is 2.11. The third-order valence-corrected chi connectivity index (χ3v) is 3.11. The fraction of sp³-hybridized carbons (Fsp3) is 0.400. The van der Waals surface area contributed by atoms with Crippen molar-refractivity contribution in [3.8, 4) is 5.75 Å². The first-order valence-electron chi connectivity index (χ1n) is 6.60. The molecule has 0 aliphatic carbocycles. The Kier molecular flexibility index (Phi) is 4.98. The molecule has 2 aromatic rings. The van der Waals surface area contributed by atoms with Gasteiger partial charge in [0.2, 0.25) is 0 Å². The zero-order valence-electron chi connectivity index (χ0n) is 11.5. The van der Waals surface area contributed by atoms with Crippen LogP contribution < -0.4 is 10.1 Å². The minimum absolute atomic E-state index is 0.437. The lowest BCUT2D eigenvalue weighted by Gasteiger charge is -2.14. The van der Waals surface area contributed by atoms with Gasteiger partial charge in [-0.3, -0.25) is 0 Å². The van der Waals surface area contributed by atoms with Gasteiger partial charge in [0.05, 0.1) is 13.4 Å². The topological polar surface area (TPSA) is 39.1 Å². The largest absolute Gasteiger partial charge is 0.497 e. The summed E-state index contributed by atoms with van der Waals surface area (Å²) in [5.74, 6) is 0.908. The molecule has 0 bridgehead atoms. The molecule has 0 saturated heterocycles. The monoisotopic (exact) mass is 259 g/mol. The molecule has 0 aliphatic rings. The highest BCUT2D eigenvalue weighted by molar-refractivity contribution is 5.27. The van der Waals surface area contributed by atoms with Crippen molar-refractivity contribution in [2.24, 2.45) is 0 Å². The van der Waals surface area contributed by atoms with E-state index in [2.05, 4.69) is 33.9 Å². The van der Waals surface area contributed by atoms with Crippen LogP contribution in [-0.2, 0) is 13.0 Å². The molecule has 1 heterocycles. The van der Waals surface area contributed by atoms with Crippen molar-refractivity contribution in [2.45, 2.75) is 25.9 Å². The normalized spacial score (nSPS) is 12.3. The number of methoxy groups -OCH3 is 1. The van der Waals surface area contributed by atoms with E-state index in [0.29, 0.717) is 6.04 Å². The molecule has 0 saturated carbocycles. The maximum absolute atomic E-state index is 5.15. The number of aromatic nitrogens is 2. The summed E-state index contributed by atoms with van der Waals surface area (Å²) in [6, 6.07) is 8.67. The number of nitrogens with one attached hydrogen (secondary N) is 1. The SMILES string of the molecule is COc1ccc(CCNC(C)Cn2ccnc2)cc1. The maximum atomic E-state index is 5.15. The lowest BCUT2D eigenvalue weighted by atomic mass is 10.1. The first-order valence-corrected chi connectivity index (χ1v) is 6.60. The van der Waals surface area contributed by atoms with Gasteiger partial charge in [0.25, 0.3) is 0 Å². The van der Waals surface area contributed by atoms with Crippen LogP contribution in [0.2, 0.25) is 0 Å². The Morgan fingerprint density at radius 3 is 2.74 bits per heavy atom. The Hall–Kier alpha value is -1.81. The highest BCUT2D eigenvalue weighted by atomic mass is 16.5. The maximum Gasteiger partial charge on any atom is 0.118 e. The fourth-order valence-corrected chi connectivity index (χ4v) is 2.03. The van der Waals surface area contributed by atoms with Gasteiger partial charge in [-0.1, -0.05) is 12.1 Å². The Balaban J connectivity index is 1.70. The second kappa shape index (κ2) is 6.95. The third kappa shape index (κ3) is 4.41. The number of benzene rings is 1. The average molecular weight is 259 g/mol. The first kappa shape index (κ1) is 13.6. The lowest BCUT2D eigenvalue weighted by Crippen LogP contribution is -2.31. The summed E-state index contributed by atoms with van der Waals surface area (Å²) in [5, 5.41) is 3.52. The van der Waals surface area contributed by atoms with Gasteiger partial charge in [0.1, 0.15) is 5.75 Å². The smallest absolute Gasteiger partial charge is 0.118 e. The number of nitrogens with zero attached hydrogens (tertiary/aromatic N) is 2. The van der Waals surface area contributed by atoms with Gasteiger partial charge in [-0.2, -0.15) is 0 Å². The molecule has 4 heteroatoms. The van der Waals surface area contributed by atoms with E-state index in [0.717, 1.165) is 25.3 Å². The van der Waals surface area contributed by atoms with Gasteiger partial charge in [0, 0.05) is 25.0 Å². The van der Waals surface area contributed by atoms with Crippen LogP contribution in [0, 0.1) is 0 Å². The number of imidazole rings is 1. The zero-order chi connectivity index (χ0) is 13.5. The third-order valence-electron chi connectivity index (χ3n) is 3.11. The summed E-state index contributed by atoms with van der Waals surface area (Å²) in [7, 11) is 1.69. The molecule has 102 valence electrons. The van der Waals surface area contributed by atoms with Gasteiger partial charge in [-0.25, -0.2) is 4.98 Å². The van der Waals surface area contributed by atoms with Gasteiger partial charge < -0.3 is 14.6 Å². The molecule has 1 N–H and O–H groups in total. The second-order valence-corrected chi connectivity index (χ2v) is 4.71. The van der Waals surface area contributed by atoms with Crippen molar-refractivity contribution in [1.29, 1.82) is 0 Å². The van der Waals surface area contributed by atoms with Gasteiger partial charge >= 0.3 is 0 Å². The molecule has 1 aromatic carbocycles. The number of ether oxygens (including phenoxy) is 1. The van der Waals surface area contributed by atoms with Crippen LogP contribution in [0.3, 0.4) is 0 Å². The molecule has 0 spiro atoms. The summed E-state index contributed by atoms with van der Waals surface area (Å²) in [5.41, 5.74) is 1.32. The van der Waals surface area contributed by atoms with Crippen molar-refractivity contribution >= 4 is 0 Å². The fourth-order valence-electron chi connectivity index (χ4n) is 2.03. The van der Waals surface area contributed by atoms with Crippen molar-refractivity contribution in [1.82, 2.24) is 14.9 Å². The van der Waals surface area contributed by atoms with Crippen LogP contribution >= 0.6 is 0 Å². The van der Waals surface area contributed by atoms with Crippen LogP contribution in [0.25, 0.3) is 0 Å². The minimum Gasteiger partial charge on any atom is -0.497 e. The molecule has 0 radical (unpaired) electrons. The van der Waals surface area contributed by atoms with Crippen LogP contribution in [0.15, 0.2) is 43.0 Å². The van der Waals surface area contributed by atoms with Crippen molar-refractivity contribution in [3.05, 3.63) is 48.5 Å². The Labute approximate surface area is 114 Å². The number of hydrogen-bond donors (Lipinski definition) is 1. The standard InChI is InChI=1S/C15H21N3O/c1-13(11-18-10-9-16-12-18)17-8-7-14-3-5-15(19-2)6-4-14/h3-6,9-10,12-13,17H,7-8,11H2,1-2H3. The van der Waals surface area contributed by atoms with Crippen molar-refractivity contribution in [2.75, 3.05) is 13.7 Å². The van der Waals surface area contributed by atoms with E-state index in [1.54, 1.807) is 7.11 Å². The molecule has 1 unspecified atom stereocenters. The van der Waals surface area contributed by atoms with Gasteiger partial charge in [-0.05, 0) is 37.6 Å². The number of hydrogen-bond acceptors (Lipinski definition) is 3. The highest BCUT2D eigenvalue weighted by Crippen LogP contribution is 2.11. The summed E-state index contributed by atoms with van der Waals surface area (Å²) < 4.78 is 7.23. The van der Waals surface area contributed by atoms with E-state index in [1.807, 2.05) is 30.9 Å². The molecule has 2 rings (SSSR count). The van der Waals surface area contributed by atoms with Crippen molar-refractivity contribution < 1.29 is 4.74 Å². The van der Waals surface area contributed by atoms with Gasteiger partial charge in [-0.15, -0.1) is 0 Å². The van der Waals surface area contributed by atoms with Crippen LogP contribution in [-0.4, -0.2) is 29.2 Å². The predicted molar refractivity (Wildman–Crippen MR) is 76.4 cm³/mol. The van der Waals surface area contributed by atoms with Crippen molar-refractivity contribution in [3.63, 3.8) is 0 Å². The molecule has 0 amide bonds. The van der Waals surface area contributed by atoms with Crippen LogP contribution in [0.1, 0.15) is 12.5 Å².